The van der Waals surface area contributed by atoms with Gasteiger partial charge in [-0.1, -0.05) is 11.6 Å². The standard InChI is InChI=1S/C17H28ClN5O2/c1-17(2,3)25-16(24)22(5)10-12-6-8-23(9-7-12)15-13(19-4)14(18)20-11-21-15/h11-12,19H,6-10H2,1-5H3. The average molecular weight is 370 g/mol. The van der Waals surface area contributed by atoms with Gasteiger partial charge in [0.2, 0.25) is 0 Å². The van der Waals surface area contributed by atoms with Crippen molar-refractivity contribution < 1.29 is 9.53 Å². The van der Waals surface area contributed by atoms with Gasteiger partial charge >= 0.3 is 6.09 Å². The van der Waals surface area contributed by atoms with Crippen molar-refractivity contribution in [2.75, 3.05) is 43.9 Å². The SMILES string of the molecule is CNc1c(Cl)ncnc1N1CCC(CN(C)C(=O)OC(C)(C)C)CC1. The Morgan fingerprint density at radius 1 is 1.40 bits per heavy atom. The Balaban J connectivity index is 1.90. The average Bonchev–Trinajstić information content (AvgIpc) is 2.53. The first kappa shape index (κ1) is 19.6. The third kappa shape index (κ3) is 5.36. The van der Waals surface area contributed by atoms with Crippen molar-refractivity contribution in [3.63, 3.8) is 0 Å². The molecule has 1 aromatic heterocycles. The number of anilines is 2. The number of carbonyl (C=O) groups excluding carboxylic acids is 1. The predicted octanol–water partition coefficient (Wildman–Crippen LogP) is 3.26. The van der Waals surface area contributed by atoms with E-state index in [0.29, 0.717) is 17.6 Å². The quantitative estimate of drug-likeness (QED) is 0.821. The van der Waals surface area contributed by atoms with Gasteiger partial charge in [0.25, 0.3) is 0 Å². The number of hydrogen-bond acceptors (Lipinski definition) is 6. The molecule has 8 heteroatoms. The molecule has 1 aromatic rings. The van der Waals surface area contributed by atoms with Gasteiger partial charge in [0, 0.05) is 33.7 Å². The van der Waals surface area contributed by atoms with Gasteiger partial charge in [0.05, 0.1) is 0 Å². The zero-order valence-corrected chi connectivity index (χ0v) is 16.4. The lowest BCUT2D eigenvalue weighted by Gasteiger charge is -2.35. The Morgan fingerprint density at radius 3 is 2.60 bits per heavy atom. The normalized spacial score (nSPS) is 15.8. The van der Waals surface area contributed by atoms with Crippen molar-refractivity contribution >= 4 is 29.2 Å². The van der Waals surface area contributed by atoms with Crippen LogP contribution in [0.25, 0.3) is 0 Å². The summed E-state index contributed by atoms with van der Waals surface area (Å²) in [7, 11) is 3.61. The zero-order chi connectivity index (χ0) is 18.6. The lowest BCUT2D eigenvalue weighted by Crippen LogP contribution is -2.41. The van der Waals surface area contributed by atoms with Gasteiger partial charge in [0.15, 0.2) is 11.0 Å². The predicted molar refractivity (Wildman–Crippen MR) is 100 cm³/mol. The molecule has 1 fully saturated rings. The van der Waals surface area contributed by atoms with Crippen LogP contribution >= 0.6 is 11.6 Å². The van der Waals surface area contributed by atoms with Crippen LogP contribution in [0.5, 0.6) is 0 Å². The second-order valence-electron chi connectivity index (χ2n) is 7.40. The number of hydrogen-bond donors (Lipinski definition) is 1. The van der Waals surface area contributed by atoms with Crippen molar-refractivity contribution in [3.05, 3.63) is 11.5 Å². The molecule has 140 valence electrons. The van der Waals surface area contributed by atoms with Crippen molar-refractivity contribution in [1.82, 2.24) is 14.9 Å². The highest BCUT2D eigenvalue weighted by Crippen LogP contribution is 2.31. The molecule has 7 nitrogen and oxygen atoms in total. The number of carbonyl (C=O) groups is 1. The van der Waals surface area contributed by atoms with Gasteiger partial charge in [-0.25, -0.2) is 14.8 Å². The molecule has 0 aliphatic carbocycles. The van der Waals surface area contributed by atoms with Crippen LogP contribution in [0.1, 0.15) is 33.6 Å². The van der Waals surface area contributed by atoms with Gasteiger partial charge < -0.3 is 19.9 Å². The largest absolute Gasteiger partial charge is 0.444 e. The van der Waals surface area contributed by atoms with E-state index in [-0.39, 0.29) is 6.09 Å². The first-order valence-electron chi connectivity index (χ1n) is 8.58. The molecule has 2 heterocycles. The molecule has 0 unspecified atom stereocenters. The summed E-state index contributed by atoms with van der Waals surface area (Å²) in [4.78, 5) is 24.4. The molecule has 1 amide bonds. The molecule has 0 radical (unpaired) electrons. The summed E-state index contributed by atoms with van der Waals surface area (Å²) >= 11 is 6.14. The van der Waals surface area contributed by atoms with Crippen molar-refractivity contribution in [1.29, 1.82) is 0 Å². The summed E-state index contributed by atoms with van der Waals surface area (Å²) in [5, 5.41) is 3.50. The highest BCUT2D eigenvalue weighted by molar-refractivity contribution is 6.32. The van der Waals surface area contributed by atoms with Gasteiger partial charge in [-0.3, -0.25) is 0 Å². The molecule has 1 aliphatic heterocycles. The Bertz CT molecular complexity index is 597. The molecule has 1 aliphatic rings. The number of halogens is 1. The minimum atomic E-state index is -0.468. The highest BCUT2D eigenvalue weighted by Gasteiger charge is 2.26. The minimum Gasteiger partial charge on any atom is -0.444 e. The summed E-state index contributed by atoms with van der Waals surface area (Å²) < 4.78 is 5.41. The van der Waals surface area contributed by atoms with Crippen LogP contribution in [0.2, 0.25) is 5.15 Å². The van der Waals surface area contributed by atoms with E-state index in [9.17, 15) is 4.79 Å². The molecule has 2 rings (SSSR count). The molecular weight excluding hydrogens is 342 g/mol. The van der Waals surface area contributed by atoms with E-state index in [4.69, 9.17) is 16.3 Å². The fourth-order valence-electron chi connectivity index (χ4n) is 2.94. The van der Waals surface area contributed by atoms with Crippen LogP contribution in [-0.2, 0) is 4.74 Å². The van der Waals surface area contributed by atoms with Gasteiger partial charge in [0.1, 0.15) is 17.6 Å². The van der Waals surface area contributed by atoms with E-state index >= 15 is 0 Å². The number of nitrogens with one attached hydrogen (secondary N) is 1. The van der Waals surface area contributed by atoms with Crippen molar-refractivity contribution in [2.24, 2.45) is 5.92 Å². The molecular formula is C17H28ClN5O2. The second-order valence-corrected chi connectivity index (χ2v) is 7.76. The highest BCUT2D eigenvalue weighted by atomic mass is 35.5. The Labute approximate surface area is 154 Å². The smallest absolute Gasteiger partial charge is 0.410 e. The van der Waals surface area contributed by atoms with E-state index in [2.05, 4.69) is 20.2 Å². The maximum Gasteiger partial charge on any atom is 0.410 e. The second kappa shape index (κ2) is 8.08. The Morgan fingerprint density at radius 2 is 2.04 bits per heavy atom. The van der Waals surface area contributed by atoms with Crippen LogP contribution < -0.4 is 10.2 Å². The molecule has 1 N–H and O–H groups in total. The summed E-state index contributed by atoms with van der Waals surface area (Å²) in [6.45, 7) is 8.08. The van der Waals surface area contributed by atoms with E-state index in [0.717, 1.165) is 37.4 Å². The molecule has 0 bridgehead atoms. The summed E-state index contributed by atoms with van der Waals surface area (Å²) in [6, 6.07) is 0. The number of nitrogens with zero attached hydrogens (tertiary/aromatic N) is 4. The van der Waals surface area contributed by atoms with E-state index in [1.165, 1.54) is 6.33 Å². The Hall–Kier alpha value is -1.76. The molecule has 0 atom stereocenters. The Kier molecular flexibility index (Phi) is 6.32. The monoisotopic (exact) mass is 369 g/mol. The van der Waals surface area contributed by atoms with Gasteiger partial charge in [-0.2, -0.15) is 0 Å². The maximum absolute atomic E-state index is 12.1. The number of aromatic nitrogens is 2. The molecule has 0 aromatic carbocycles. The maximum atomic E-state index is 12.1. The lowest BCUT2D eigenvalue weighted by molar-refractivity contribution is 0.0266. The summed E-state index contributed by atoms with van der Waals surface area (Å²) in [5.41, 5.74) is 0.290. The minimum absolute atomic E-state index is 0.269. The van der Waals surface area contributed by atoms with Crippen molar-refractivity contribution in [3.8, 4) is 0 Å². The van der Waals surface area contributed by atoms with Crippen LogP contribution in [0.4, 0.5) is 16.3 Å². The number of ether oxygens (including phenoxy) is 1. The molecule has 1 saturated heterocycles. The van der Waals surface area contributed by atoms with Gasteiger partial charge in [-0.15, -0.1) is 0 Å². The van der Waals surface area contributed by atoms with Crippen molar-refractivity contribution in [2.45, 2.75) is 39.2 Å². The van der Waals surface area contributed by atoms with Crippen LogP contribution in [0, 0.1) is 5.92 Å². The van der Waals surface area contributed by atoms with Crippen LogP contribution in [0.15, 0.2) is 6.33 Å². The van der Waals surface area contributed by atoms with Crippen LogP contribution in [0.3, 0.4) is 0 Å². The topological polar surface area (TPSA) is 70.6 Å². The fraction of sp³-hybridized carbons (Fsp3) is 0.706. The van der Waals surface area contributed by atoms with E-state index < -0.39 is 5.60 Å². The summed E-state index contributed by atoms with van der Waals surface area (Å²) in [5.74, 6) is 1.28. The zero-order valence-electron chi connectivity index (χ0n) is 15.7. The first-order chi connectivity index (χ1) is 11.7. The van der Waals surface area contributed by atoms with Crippen LogP contribution in [-0.4, -0.2) is 60.3 Å². The molecule has 0 spiro atoms. The summed E-state index contributed by atoms with van der Waals surface area (Å²) in [6.07, 6.45) is 3.19. The molecule has 0 saturated carbocycles. The first-order valence-corrected chi connectivity index (χ1v) is 8.96. The number of rotatable bonds is 4. The number of piperidine rings is 1. The molecule has 25 heavy (non-hydrogen) atoms. The third-order valence-corrected chi connectivity index (χ3v) is 4.47. The lowest BCUT2D eigenvalue weighted by atomic mass is 9.96. The van der Waals surface area contributed by atoms with E-state index in [1.807, 2.05) is 27.8 Å². The van der Waals surface area contributed by atoms with E-state index in [1.54, 1.807) is 11.9 Å². The number of amides is 1. The third-order valence-electron chi connectivity index (χ3n) is 4.18. The fourth-order valence-corrected chi connectivity index (χ4v) is 3.16. The van der Waals surface area contributed by atoms with Gasteiger partial charge in [-0.05, 0) is 39.5 Å².